The van der Waals surface area contributed by atoms with Crippen LogP contribution in [0.25, 0.3) is 0 Å². The Morgan fingerprint density at radius 3 is 2.65 bits per heavy atom. The van der Waals surface area contributed by atoms with Crippen molar-refractivity contribution in [1.82, 2.24) is 5.32 Å². The molecule has 2 aliphatic heterocycles. The Morgan fingerprint density at radius 2 is 2.06 bits per heavy atom. The topological polar surface area (TPSA) is 46.2 Å². The molecule has 2 fully saturated rings. The van der Waals surface area contributed by atoms with Crippen molar-refractivity contribution in [2.75, 3.05) is 12.3 Å². The number of sulfone groups is 1. The summed E-state index contributed by atoms with van der Waals surface area (Å²) in [5.41, 5.74) is 0.104. The van der Waals surface area contributed by atoms with Crippen molar-refractivity contribution in [3.05, 3.63) is 0 Å². The van der Waals surface area contributed by atoms with E-state index in [-0.39, 0.29) is 10.8 Å². The second-order valence-electron chi connectivity index (χ2n) is 5.71. The molecule has 2 atom stereocenters. The monoisotopic (exact) mass is 259 g/mol. The lowest BCUT2D eigenvalue weighted by atomic mass is 9.81. The predicted octanol–water partition coefficient (Wildman–Crippen LogP) is 2.27. The third kappa shape index (κ3) is 3.02. The highest BCUT2D eigenvalue weighted by Crippen LogP contribution is 2.33. The molecule has 2 aliphatic rings. The van der Waals surface area contributed by atoms with Gasteiger partial charge in [-0.05, 0) is 45.1 Å². The summed E-state index contributed by atoms with van der Waals surface area (Å²) in [4.78, 5) is 0. The highest BCUT2D eigenvalue weighted by Gasteiger charge is 2.38. The number of rotatable bonds is 3. The van der Waals surface area contributed by atoms with Gasteiger partial charge in [0.15, 0.2) is 9.84 Å². The van der Waals surface area contributed by atoms with Crippen molar-refractivity contribution < 1.29 is 8.42 Å². The van der Waals surface area contributed by atoms with Crippen molar-refractivity contribution in [3.8, 4) is 0 Å². The first-order valence-electron chi connectivity index (χ1n) is 7.05. The molecule has 0 amide bonds. The average Bonchev–Trinajstić information content (AvgIpc) is 2.33. The van der Waals surface area contributed by atoms with Crippen LogP contribution in [-0.2, 0) is 9.84 Å². The molecular formula is C13H25NO2S. The second-order valence-corrected chi connectivity index (χ2v) is 8.11. The van der Waals surface area contributed by atoms with Crippen LogP contribution in [0.5, 0.6) is 0 Å². The van der Waals surface area contributed by atoms with E-state index in [0.717, 1.165) is 45.1 Å². The smallest absolute Gasteiger partial charge is 0.153 e. The molecule has 2 heterocycles. The van der Waals surface area contributed by atoms with Gasteiger partial charge in [0.2, 0.25) is 0 Å². The minimum atomic E-state index is -2.81. The van der Waals surface area contributed by atoms with E-state index in [1.165, 1.54) is 12.8 Å². The highest BCUT2D eigenvalue weighted by molar-refractivity contribution is 7.92. The SMILES string of the molecule is CCC1(CC2CCCCS2(=O)=O)CCCCN1. The summed E-state index contributed by atoms with van der Waals surface area (Å²) in [7, 11) is -2.81. The standard InChI is InChI=1S/C13H25NO2S/c1-2-13(8-4-5-9-14-13)11-12-7-3-6-10-17(12,15)16/h12,14H,2-11H2,1H3. The molecule has 2 rings (SSSR count). The predicted molar refractivity (Wildman–Crippen MR) is 70.9 cm³/mol. The van der Waals surface area contributed by atoms with E-state index in [9.17, 15) is 8.42 Å². The summed E-state index contributed by atoms with van der Waals surface area (Å²) in [6.45, 7) is 3.24. The lowest BCUT2D eigenvalue weighted by Crippen LogP contribution is -2.51. The van der Waals surface area contributed by atoms with Crippen molar-refractivity contribution in [2.45, 2.75) is 69.1 Å². The fourth-order valence-corrected chi connectivity index (χ4v) is 5.38. The Kier molecular flexibility index (Phi) is 4.14. The van der Waals surface area contributed by atoms with Gasteiger partial charge in [-0.25, -0.2) is 8.42 Å². The van der Waals surface area contributed by atoms with Gasteiger partial charge in [0, 0.05) is 5.54 Å². The molecule has 2 unspecified atom stereocenters. The average molecular weight is 259 g/mol. The van der Waals surface area contributed by atoms with Crippen molar-refractivity contribution >= 4 is 9.84 Å². The zero-order valence-corrected chi connectivity index (χ0v) is 11.7. The van der Waals surface area contributed by atoms with Crippen molar-refractivity contribution in [1.29, 1.82) is 0 Å². The third-order valence-corrected chi connectivity index (χ3v) is 6.87. The molecule has 0 radical (unpaired) electrons. The van der Waals surface area contributed by atoms with Crippen LogP contribution in [0, 0.1) is 0 Å². The van der Waals surface area contributed by atoms with Gasteiger partial charge in [0.1, 0.15) is 0 Å². The molecule has 3 nitrogen and oxygen atoms in total. The number of hydrogen-bond donors (Lipinski definition) is 1. The van der Waals surface area contributed by atoms with Crippen LogP contribution in [0.2, 0.25) is 0 Å². The number of piperidine rings is 1. The van der Waals surface area contributed by atoms with Crippen LogP contribution in [0.3, 0.4) is 0 Å². The molecule has 100 valence electrons. The summed E-state index contributed by atoms with van der Waals surface area (Å²) in [5, 5.41) is 3.52. The number of nitrogens with one attached hydrogen (secondary N) is 1. The van der Waals surface area contributed by atoms with Crippen molar-refractivity contribution in [2.24, 2.45) is 0 Å². The molecule has 0 spiro atoms. The summed E-state index contributed by atoms with van der Waals surface area (Å²) in [6.07, 6.45) is 8.36. The Hall–Kier alpha value is -0.0900. The first kappa shape index (κ1) is 13.3. The van der Waals surface area contributed by atoms with E-state index in [1.54, 1.807) is 0 Å². The van der Waals surface area contributed by atoms with E-state index in [2.05, 4.69) is 12.2 Å². The largest absolute Gasteiger partial charge is 0.311 e. The van der Waals surface area contributed by atoms with E-state index < -0.39 is 9.84 Å². The van der Waals surface area contributed by atoms with Gasteiger partial charge in [0.05, 0.1) is 11.0 Å². The Balaban J connectivity index is 2.07. The minimum absolute atomic E-state index is 0.0817. The fraction of sp³-hybridized carbons (Fsp3) is 1.00. The molecule has 4 heteroatoms. The summed E-state index contributed by atoms with van der Waals surface area (Å²) < 4.78 is 24.2. The van der Waals surface area contributed by atoms with E-state index in [1.807, 2.05) is 0 Å². The van der Waals surface area contributed by atoms with Crippen LogP contribution in [-0.4, -0.2) is 31.5 Å². The summed E-state index contributed by atoms with van der Waals surface area (Å²) in [6, 6.07) is 0. The van der Waals surface area contributed by atoms with Gasteiger partial charge in [-0.2, -0.15) is 0 Å². The molecule has 0 aromatic heterocycles. The van der Waals surface area contributed by atoms with Gasteiger partial charge in [-0.15, -0.1) is 0 Å². The molecule has 0 aliphatic carbocycles. The van der Waals surface area contributed by atoms with Gasteiger partial charge in [-0.1, -0.05) is 19.8 Å². The first-order valence-corrected chi connectivity index (χ1v) is 8.76. The minimum Gasteiger partial charge on any atom is -0.311 e. The highest BCUT2D eigenvalue weighted by atomic mass is 32.2. The Labute approximate surface area is 105 Å². The van der Waals surface area contributed by atoms with Crippen LogP contribution in [0.15, 0.2) is 0 Å². The fourth-order valence-electron chi connectivity index (χ4n) is 3.34. The second kappa shape index (κ2) is 5.27. The van der Waals surface area contributed by atoms with Crippen LogP contribution < -0.4 is 5.32 Å². The molecule has 2 saturated heterocycles. The van der Waals surface area contributed by atoms with E-state index in [0.29, 0.717) is 5.75 Å². The van der Waals surface area contributed by atoms with Gasteiger partial charge in [0.25, 0.3) is 0 Å². The first-order chi connectivity index (χ1) is 8.08. The zero-order chi connectivity index (χ0) is 12.4. The quantitative estimate of drug-likeness (QED) is 0.845. The maximum atomic E-state index is 12.1. The molecule has 0 aromatic rings. The molecule has 1 N–H and O–H groups in total. The lowest BCUT2D eigenvalue weighted by Gasteiger charge is -2.41. The number of hydrogen-bond acceptors (Lipinski definition) is 3. The molecule has 0 bridgehead atoms. The Bertz CT molecular complexity index is 344. The molecule has 0 saturated carbocycles. The summed E-state index contributed by atoms with van der Waals surface area (Å²) in [5.74, 6) is 0.414. The third-order valence-electron chi connectivity index (χ3n) is 4.59. The van der Waals surface area contributed by atoms with Crippen LogP contribution in [0.4, 0.5) is 0 Å². The molecular weight excluding hydrogens is 234 g/mol. The van der Waals surface area contributed by atoms with Gasteiger partial charge < -0.3 is 5.32 Å². The van der Waals surface area contributed by atoms with Gasteiger partial charge in [-0.3, -0.25) is 0 Å². The van der Waals surface area contributed by atoms with Gasteiger partial charge >= 0.3 is 0 Å². The zero-order valence-electron chi connectivity index (χ0n) is 10.9. The maximum absolute atomic E-state index is 12.1. The van der Waals surface area contributed by atoms with Crippen LogP contribution in [0.1, 0.15) is 58.3 Å². The molecule has 17 heavy (non-hydrogen) atoms. The van der Waals surface area contributed by atoms with E-state index >= 15 is 0 Å². The normalized spacial score (nSPS) is 37.8. The van der Waals surface area contributed by atoms with Crippen molar-refractivity contribution in [3.63, 3.8) is 0 Å². The molecule has 0 aromatic carbocycles. The Morgan fingerprint density at radius 1 is 1.24 bits per heavy atom. The van der Waals surface area contributed by atoms with Crippen LogP contribution >= 0.6 is 0 Å². The van der Waals surface area contributed by atoms with E-state index in [4.69, 9.17) is 0 Å². The lowest BCUT2D eigenvalue weighted by molar-refractivity contribution is 0.222. The summed E-state index contributed by atoms with van der Waals surface area (Å²) >= 11 is 0. The maximum Gasteiger partial charge on any atom is 0.153 e.